The molecule has 0 aliphatic carbocycles. The molecule has 10 nitrogen and oxygen atoms in total. The second-order valence-corrected chi connectivity index (χ2v) is 6.06. The van der Waals surface area contributed by atoms with Gasteiger partial charge in [-0.2, -0.15) is 0 Å². The summed E-state index contributed by atoms with van der Waals surface area (Å²) in [6, 6.07) is -0.408. The number of likely N-dealkylation sites (N-methyl/N-ethyl adjacent to an activating group) is 1. The maximum atomic E-state index is 12.1. The summed E-state index contributed by atoms with van der Waals surface area (Å²) in [4.78, 5) is 46.2. The van der Waals surface area contributed by atoms with Gasteiger partial charge in [0.2, 0.25) is 5.72 Å². The SMILES string of the molecule is CN(CC(=O)OC1(N=O)CCOCC1)C(CCC(=O)O)CCC(=O)O. The Morgan fingerprint density at radius 2 is 1.68 bits per heavy atom. The molecule has 0 atom stereocenters. The molecule has 0 aromatic heterocycles. The van der Waals surface area contributed by atoms with Crippen molar-refractivity contribution in [1.82, 2.24) is 4.90 Å². The number of nitroso groups, excluding NO2 is 1. The van der Waals surface area contributed by atoms with Crippen molar-refractivity contribution >= 4 is 17.9 Å². The van der Waals surface area contributed by atoms with Gasteiger partial charge in [-0.05, 0) is 25.1 Å². The fraction of sp³-hybridized carbons (Fsp3) is 0.800. The standard InChI is InChI=1S/C15H24N2O8/c1-17(11(2-4-12(18)19)3-5-13(20)21)10-14(22)25-15(16-23)6-8-24-9-7-15/h11H,2-10H2,1H3,(H,18,19)(H,20,21). The molecule has 1 aliphatic rings. The summed E-state index contributed by atoms with van der Waals surface area (Å²) in [6.07, 6.45) is 0.511. The van der Waals surface area contributed by atoms with Crippen molar-refractivity contribution in [3.8, 4) is 0 Å². The molecular weight excluding hydrogens is 336 g/mol. The number of carboxylic acid groups (broad SMARTS) is 2. The predicted molar refractivity (Wildman–Crippen MR) is 84.8 cm³/mol. The topological polar surface area (TPSA) is 143 Å². The van der Waals surface area contributed by atoms with Gasteiger partial charge in [0.15, 0.2) is 0 Å². The number of ether oxygens (including phenoxy) is 2. The van der Waals surface area contributed by atoms with E-state index in [4.69, 9.17) is 19.7 Å². The Labute approximate surface area is 145 Å². The first-order valence-corrected chi connectivity index (χ1v) is 8.06. The first-order valence-electron chi connectivity index (χ1n) is 8.06. The summed E-state index contributed by atoms with van der Waals surface area (Å²) in [5.41, 5.74) is -1.42. The minimum atomic E-state index is -1.42. The van der Waals surface area contributed by atoms with Gasteiger partial charge in [-0.15, -0.1) is 4.91 Å². The fourth-order valence-corrected chi connectivity index (χ4v) is 2.64. The quantitative estimate of drug-likeness (QED) is 0.404. The van der Waals surface area contributed by atoms with Crippen LogP contribution in [-0.4, -0.2) is 71.6 Å². The van der Waals surface area contributed by atoms with E-state index in [9.17, 15) is 19.3 Å². The number of carbonyl (C=O) groups excluding carboxylic acids is 1. The van der Waals surface area contributed by atoms with E-state index >= 15 is 0 Å². The molecule has 0 unspecified atom stereocenters. The van der Waals surface area contributed by atoms with Crippen LogP contribution in [0.3, 0.4) is 0 Å². The molecular formula is C15H24N2O8. The average molecular weight is 360 g/mol. The summed E-state index contributed by atoms with van der Waals surface area (Å²) in [5.74, 6) is -2.66. The second kappa shape index (κ2) is 10.0. The third-order valence-electron chi connectivity index (χ3n) is 4.13. The molecule has 2 N–H and O–H groups in total. The zero-order valence-corrected chi connectivity index (χ0v) is 14.2. The minimum absolute atomic E-state index is 0.138. The number of nitrogens with zero attached hydrogens (tertiary/aromatic N) is 2. The van der Waals surface area contributed by atoms with Crippen LogP contribution in [0.2, 0.25) is 0 Å². The van der Waals surface area contributed by atoms with Crippen LogP contribution < -0.4 is 0 Å². The summed E-state index contributed by atoms with van der Waals surface area (Å²) >= 11 is 0. The van der Waals surface area contributed by atoms with Crippen LogP contribution in [0.1, 0.15) is 38.5 Å². The van der Waals surface area contributed by atoms with Crippen LogP contribution >= 0.6 is 0 Å². The third kappa shape index (κ3) is 7.57. The van der Waals surface area contributed by atoms with Crippen molar-refractivity contribution in [3.63, 3.8) is 0 Å². The molecule has 1 rings (SSSR count). The first kappa shape index (κ1) is 21.0. The molecule has 1 saturated heterocycles. The van der Waals surface area contributed by atoms with Gasteiger partial charge in [0.1, 0.15) is 0 Å². The van der Waals surface area contributed by atoms with Crippen molar-refractivity contribution in [1.29, 1.82) is 0 Å². The number of carboxylic acids is 2. The van der Waals surface area contributed by atoms with Crippen molar-refractivity contribution < 1.29 is 34.1 Å². The van der Waals surface area contributed by atoms with Gasteiger partial charge < -0.3 is 19.7 Å². The molecule has 0 saturated carbocycles. The van der Waals surface area contributed by atoms with Crippen LogP contribution in [0.4, 0.5) is 0 Å². The number of hydrogen-bond donors (Lipinski definition) is 2. The molecule has 0 aromatic rings. The lowest BCUT2D eigenvalue weighted by Gasteiger charge is -2.32. The smallest absolute Gasteiger partial charge is 0.322 e. The number of carbonyl (C=O) groups is 3. The highest BCUT2D eigenvalue weighted by Crippen LogP contribution is 2.26. The van der Waals surface area contributed by atoms with E-state index in [1.54, 1.807) is 11.9 Å². The fourth-order valence-electron chi connectivity index (χ4n) is 2.64. The van der Waals surface area contributed by atoms with Crippen LogP contribution in [0.15, 0.2) is 5.18 Å². The second-order valence-electron chi connectivity index (χ2n) is 6.06. The van der Waals surface area contributed by atoms with Crippen molar-refractivity contribution in [2.75, 3.05) is 26.8 Å². The van der Waals surface area contributed by atoms with E-state index in [1.807, 2.05) is 0 Å². The van der Waals surface area contributed by atoms with E-state index in [0.29, 0.717) is 0 Å². The van der Waals surface area contributed by atoms with E-state index in [-0.39, 0.29) is 58.3 Å². The molecule has 25 heavy (non-hydrogen) atoms. The zero-order valence-electron chi connectivity index (χ0n) is 14.2. The molecule has 1 heterocycles. The van der Waals surface area contributed by atoms with Gasteiger partial charge in [-0.25, -0.2) is 0 Å². The van der Waals surface area contributed by atoms with Gasteiger partial charge in [0.05, 0.1) is 19.8 Å². The summed E-state index contributed by atoms with van der Waals surface area (Å²) in [7, 11) is 1.58. The molecule has 0 spiro atoms. The Morgan fingerprint density at radius 3 is 2.12 bits per heavy atom. The largest absolute Gasteiger partial charge is 0.481 e. The lowest BCUT2D eigenvalue weighted by atomic mass is 10.0. The van der Waals surface area contributed by atoms with Crippen molar-refractivity contribution in [3.05, 3.63) is 4.91 Å². The summed E-state index contributed by atoms with van der Waals surface area (Å²) in [5, 5.41) is 20.5. The highest BCUT2D eigenvalue weighted by Gasteiger charge is 2.38. The van der Waals surface area contributed by atoms with E-state index < -0.39 is 29.7 Å². The predicted octanol–water partition coefficient (Wildman–Crippen LogP) is 0.833. The maximum Gasteiger partial charge on any atom is 0.322 e. The maximum absolute atomic E-state index is 12.1. The molecule has 1 aliphatic heterocycles. The Hall–Kier alpha value is -2.07. The molecule has 142 valence electrons. The Bertz CT molecular complexity index is 472. The van der Waals surface area contributed by atoms with Gasteiger partial charge >= 0.3 is 17.9 Å². The normalized spacial score (nSPS) is 16.6. The molecule has 0 bridgehead atoms. The number of esters is 1. The highest BCUT2D eigenvalue weighted by atomic mass is 16.6. The van der Waals surface area contributed by atoms with Crippen LogP contribution in [0.5, 0.6) is 0 Å². The molecule has 10 heteroatoms. The summed E-state index contributed by atoms with van der Waals surface area (Å²) in [6.45, 7) is 0.353. The minimum Gasteiger partial charge on any atom is -0.481 e. The third-order valence-corrected chi connectivity index (χ3v) is 4.13. The number of rotatable bonds is 11. The van der Waals surface area contributed by atoms with E-state index in [2.05, 4.69) is 5.18 Å². The average Bonchev–Trinajstić information content (AvgIpc) is 2.54. The lowest BCUT2D eigenvalue weighted by molar-refractivity contribution is -0.169. The highest BCUT2D eigenvalue weighted by molar-refractivity contribution is 5.72. The van der Waals surface area contributed by atoms with Gasteiger partial charge in [0.25, 0.3) is 0 Å². The summed E-state index contributed by atoms with van der Waals surface area (Å²) < 4.78 is 10.4. The monoisotopic (exact) mass is 360 g/mol. The molecule has 1 fully saturated rings. The molecule has 0 aromatic carbocycles. The van der Waals surface area contributed by atoms with Gasteiger partial charge in [0, 0.05) is 31.7 Å². The van der Waals surface area contributed by atoms with Crippen LogP contribution in [0, 0.1) is 4.91 Å². The Balaban J connectivity index is 2.61. The van der Waals surface area contributed by atoms with E-state index in [0.717, 1.165) is 0 Å². The van der Waals surface area contributed by atoms with Gasteiger partial charge in [-0.3, -0.25) is 19.3 Å². The van der Waals surface area contributed by atoms with E-state index in [1.165, 1.54) is 0 Å². The van der Waals surface area contributed by atoms with Crippen LogP contribution in [0.25, 0.3) is 0 Å². The van der Waals surface area contributed by atoms with Crippen molar-refractivity contribution in [2.45, 2.75) is 50.3 Å². The first-order chi connectivity index (χ1) is 11.8. The lowest BCUT2D eigenvalue weighted by Crippen LogP contribution is -2.43. The number of aliphatic carboxylic acids is 2. The molecule has 0 amide bonds. The van der Waals surface area contributed by atoms with Gasteiger partial charge in [-0.1, -0.05) is 0 Å². The number of hydrogen-bond acceptors (Lipinski definition) is 8. The molecule has 0 radical (unpaired) electrons. The van der Waals surface area contributed by atoms with Crippen LogP contribution in [-0.2, 0) is 23.9 Å². The zero-order chi connectivity index (χ0) is 18.9. The Morgan fingerprint density at radius 1 is 1.16 bits per heavy atom. The van der Waals surface area contributed by atoms with Crippen molar-refractivity contribution in [2.24, 2.45) is 5.18 Å². The Kier molecular flexibility index (Phi) is 8.42.